The maximum Gasteiger partial charge on any atom is 0.323 e. The summed E-state index contributed by atoms with van der Waals surface area (Å²) >= 11 is 0. The number of aliphatic hydroxyl groups is 1. The summed E-state index contributed by atoms with van der Waals surface area (Å²) in [5.41, 5.74) is 2.75. The molecule has 1 aliphatic rings. The van der Waals surface area contributed by atoms with Crippen molar-refractivity contribution in [3.63, 3.8) is 0 Å². The number of carbonyl (C=O) groups is 1. The molecule has 0 spiro atoms. The molecule has 0 saturated carbocycles. The van der Waals surface area contributed by atoms with Crippen molar-refractivity contribution in [3.05, 3.63) is 41.7 Å². The highest BCUT2D eigenvalue weighted by atomic mass is 16.5. The number of hydrogen-bond acceptors (Lipinski definition) is 5. The van der Waals surface area contributed by atoms with E-state index in [1.807, 2.05) is 26.0 Å². The van der Waals surface area contributed by atoms with Crippen LogP contribution in [0.4, 0.5) is 10.5 Å². The average molecular weight is 314 g/mol. The monoisotopic (exact) mass is 314 g/mol. The Kier molecular flexibility index (Phi) is 4.12. The Balaban J connectivity index is 1.73. The molecule has 7 heteroatoms. The molecule has 1 aromatic carbocycles. The summed E-state index contributed by atoms with van der Waals surface area (Å²) in [6.07, 6.45) is 2.71. The van der Waals surface area contributed by atoms with E-state index in [1.165, 1.54) is 17.3 Å². The fourth-order valence-electron chi connectivity index (χ4n) is 2.49. The van der Waals surface area contributed by atoms with Gasteiger partial charge in [0.2, 0.25) is 0 Å². The summed E-state index contributed by atoms with van der Waals surface area (Å²) in [7, 11) is 0. The zero-order chi connectivity index (χ0) is 16.4. The number of nitrogens with zero attached hydrogens (tertiary/aromatic N) is 3. The number of carbonyl (C=O) groups excluding carboxylic acids is 1. The fourth-order valence-corrected chi connectivity index (χ4v) is 2.49. The third-order valence-corrected chi connectivity index (χ3v) is 3.49. The van der Waals surface area contributed by atoms with Gasteiger partial charge in [-0.15, -0.1) is 0 Å². The van der Waals surface area contributed by atoms with Crippen LogP contribution in [-0.4, -0.2) is 33.9 Å². The van der Waals surface area contributed by atoms with Crippen LogP contribution in [0.3, 0.4) is 0 Å². The Labute approximate surface area is 133 Å². The third-order valence-electron chi connectivity index (χ3n) is 3.49. The van der Waals surface area contributed by atoms with Crippen LogP contribution in [0.25, 0.3) is 0 Å². The lowest BCUT2D eigenvalue weighted by molar-refractivity contribution is 0.125. The lowest BCUT2D eigenvalue weighted by Crippen LogP contribution is -2.51. The van der Waals surface area contributed by atoms with Crippen molar-refractivity contribution in [1.29, 1.82) is 0 Å². The highest BCUT2D eigenvalue weighted by molar-refractivity contribution is 5.92. The molecule has 0 bridgehead atoms. The van der Waals surface area contributed by atoms with E-state index in [0.29, 0.717) is 24.4 Å². The Morgan fingerprint density at radius 1 is 1.22 bits per heavy atom. The van der Waals surface area contributed by atoms with Crippen molar-refractivity contribution in [3.8, 4) is 11.8 Å². The van der Waals surface area contributed by atoms with Crippen LogP contribution in [0.15, 0.2) is 30.6 Å². The van der Waals surface area contributed by atoms with Gasteiger partial charge in [-0.25, -0.2) is 14.8 Å². The molecule has 2 amide bonds. The number of aromatic nitrogens is 2. The van der Waals surface area contributed by atoms with Gasteiger partial charge in [0, 0.05) is 13.0 Å². The highest BCUT2D eigenvalue weighted by Gasteiger charge is 2.24. The van der Waals surface area contributed by atoms with Gasteiger partial charge in [-0.2, -0.15) is 0 Å². The van der Waals surface area contributed by atoms with Gasteiger partial charge >= 0.3 is 12.0 Å². The molecule has 1 fully saturated rings. The van der Waals surface area contributed by atoms with E-state index in [1.54, 1.807) is 0 Å². The zero-order valence-electron chi connectivity index (χ0n) is 13.0. The summed E-state index contributed by atoms with van der Waals surface area (Å²) in [6, 6.07) is 5.72. The first-order chi connectivity index (χ1) is 11.0. The van der Waals surface area contributed by atoms with Crippen molar-refractivity contribution >= 4 is 11.7 Å². The molecular weight excluding hydrogens is 296 g/mol. The molecule has 0 radical (unpaired) electrons. The van der Waals surface area contributed by atoms with E-state index in [-0.39, 0.29) is 12.0 Å². The largest absolute Gasteiger partial charge is 0.424 e. The maximum absolute atomic E-state index is 11.8. The van der Waals surface area contributed by atoms with Gasteiger partial charge in [0.25, 0.3) is 0 Å². The summed E-state index contributed by atoms with van der Waals surface area (Å²) in [5, 5.41) is 11.8. The molecule has 3 rings (SSSR count). The molecule has 23 heavy (non-hydrogen) atoms. The van der Waals surface area contributed by atoms with Crippen molar-refractivity contribution < 1.29 is 14.6 Å². The summed E-state index contributed by atoms with van der Waals surface area (Å²) < 4.78 is 5.64. The van der Waals surface area contributed by atoms with E-state index in [9.17, 15) is 9.90 Å². The van der Waals surface area contributed by atoms with Gasteiger partial charge in [-0.1, -0.05) is 6.07 Å². The number of urea groups is 1. The van der Waals surface area contributed by atoms with Crippen LogP contribution >= 0.6 is 0 Å². The van der Waals surface area contributed by atoms with Crippen LogP contribution in [0.5, 0.6) is 11.8 Å². The van der Waals surface area contributed by atoms with Gasteiger partial charge in [0.05, 0.1) is 18.1 Å². The summed E-state index contributed by atoms with van der Waals surface area (Å²) in [4.78, 5) is 21.6. The minimum atomic E-state index is -0.799. The van der Waals surface area contributed by atoms with Crippen molar-refractivity contribution in [2.45, 2.75) is 26.5 Å². The lowest BCUT2D eigenvalue weighted by Gasteiger charge is -2.29. The Hall–Kier alpha value is -2.67. The van der Waals surface area contributed by atoms with Gasteiger partial charge < -0.3 is 15.2 Å². The molecule has 1 aliphatic heterocycles. The zero-order valence-corrected chi connectivity index (χ0v) is 13.0. The molecule has 1 atom stereocenters. The average Bonchev–Trinajstić information content (AvgIpc) is 2.47. The summed E-state index contributed by atoms with van der Waals surface area (Å²) in [6.45, 7) is 4.40. The predicted molar refractivity (Wildman–Crippen MR) is 84.5 cm³/mol. The second-order valence-corrected chi connectivity index (χ2v) is 5.55. The van der Waals surface area contributed by atoms with Crippen molar-refractivity contribution in [2.24, 2.45) is 0 Å². The second kappa shape index (κ2) is 6.21. The number of nitrogens with one attached hydrogen (secondary N) is 1. The van der Waals surface area contributed by atoms with E-state index in [0.717, 1.165) is 11.1 Å². The fraction of sp³-hybridized carbons (Fsp3) is 0.312. The SMILES string of the molecule is Cc1cc(C)cc(Oc2ncc(N3CCC(O)NC3=O)cn2)c1. The lowest BCUT2D eigenvalue weighted by atomic mass is 10.1. The predicted octanol–water partition coefficient (Wildman–Crippen LogP) is 2.12. The molecule has 7 nitrogen and oxygen atoms in total. The highest BCUT2D eigenvalue weighted by Crippen LogP contribution is 2.22. The topological polar surface area (TPSA) is 87.6 Å². The number of hydrogen-bond donors (Lipinski definition) is 2. The molecule has 0 aliphatic carbocycles. The number of ether oxygens (including phenoxy) is 1. The Morgan fingerprint density at radius 3 is 2.48 bits per heavy atom. The number of benzene rings is 1. The van der Waals surface area contributed by atoms with E-state index >= 15 is 0 Å². The normalized spacial score (nSPS) is 17.8. The smallest absolute Gasteiger partial charge is 0.323 e. The quantitative estimate of drug-likeness (QED) is 0.906. The van der Waals surface area contributed by atoms with Crippen LogP contribution in [0.1, 0.15) is 17.5 Å². The van der Waals surface area contributed by atoms with Gasteiger partial charge in [-0.3, -0.25) is 4.90 Å². The second-order valence-electron chi connectivity index (χ2n) is 5.55. The standard InChI is InChI=1S/C16H18N4O3/c1-10-5-11(2)7-13(6-10)23-15-17-8-12(9-18-15)20-4-3-14(21)19-16(20)22/h5-9,14,21H,3-4H2,1-2H3,(H,19,22). The molecule has 2 N–H and O–H groups in total. The molecule has 1 unspecified atom stereocenters. The van der Waals surface area contributed by atoms with E-state index < -0.39 is 6.23 Å². The molecule has 2 aromatic rings. The van der Waals surface area contributed by atoms with E-state index in [4.69, 9.17) is 4.74 Å². The van der Waals surface area contributed by atoms with Crippen LogP contribution < -0.4 is 15.0 Å². The number of amides is 2. The van der Waals surface area contributed by atoms with Crippen molar-refractivity contribution in [1.82, 2.24) is 15.3 Å². The molecular formula is C16H18N4O3. The minimum Gasteiger partial charge on any atom is -0.424 e. The molecule has 1 aromatic heterocycles. The van der Waals surface area contributed by atoms with Crippen LogP contribution in [-0.2, 0) is 0 Å². The van der Waals surface area contributed by atoms with Crippen molar-refractivity contribution in [2.75, 3.05) is 11.4 Å². The van der Waals surface area contributed by atoms with Gasteiger partial charge in [0.15, 0.2) is 0 Å². The van der Waals surface area contributed by atoms with E-state index in [2.05, 4.69) is 21.4 Å². The summed E-state index contributed by atoms with van der Waals surface area (Å²) in [5.74, 6) is 0.675. The Bertz CT molecular complexity index is 698. The minimum absolute atomic E-state index is 0.219. The van der Waals surface area contributed by atoms with Crippen LogP contribution in [0, 0.1) is 13.8 Å². The number of anilines is 1. The van der Waals surface area contributed by atoms with Gasteiger partial charge in [0.1, 0.15) is 12.0 Å². The first-order valence-corrected chi connectivity index (χ1v) is 7.35. The number of aryl methyl sites for hydroxylation is 2. The maximum atomic E-state index is 11.8. The molecule has 2 heterocycles. The molecule has 120 valence electrons. The number of aliphatic hydroxyl groups excluding tert-OH is 1. The first-order valence-electron chi connectivity index (χ1n) is 7.35. The Morgan fingerprint density at radius 2 is 1.87 bits per heavy atom. The number of rotatable bonds is 3. The van der Waals surface area contributed by atoms with Crippen LogP contribution in [0.2, 0.25) is 0 Å². The first kappa shape index (κ1) is 15.2. The van der Waals surface area contributed by atoms with Gasteiger partial charge in [-0.05, 0) is 37.1 Å². The third kappa shape index (κ3) is 3.57. The molecule has 1 saturated heterocycles.